The monoisotopic (exact) mass is 418 g/mol. The van der Waals surface area contributed by atoms with Crippen LogP contribution in [0.4, 0.5) is 5.82 Å². The summed E-state index contributed by atoms with van der Waals surface area (Å²) in [5, 5.41) is 9.50. The van der Waals surface area contributed by atoms with Crippen molar-refractivity contribution in [1.29, 1.82) is 5.26 Å². The second-order valence-electron chi connectivity index (χ2n) is 7.21. The van der Waals surface area contributed by atoms with Gasteiger partial charge in [-0.2, -0.15) is 5.26 Å². The Morgan fingerprint density at radius 1 is 1.27 bits per heavy atom. The van der Waals surface area contributed by atoms with Crippen LogP contribution in [0.5, 0.6) is 0 Å². The largest absolute Gasteiger partial charge is 0.352 e. The zero-order chi connectivity index (χ0) is 18.8. The second kappa shape index (κ2) is 7.96. The van der Waals surface area contributed by atoms with Crippen LogP contribution in [-0.4, -0.2) is 41.5 Å². The molecular weight excluding hydrogens is 392 g/mol. The van der Waals surface area contributed by atoms with Gasteiger partial charge in [-0.1, -0.05) is 13.8 Å². The number of amides is 1. The summed E-state index contributed by atoms with van der Waals surface area (Å²) in [5.41, 5.74) is 1.69. The van der Waals surface area contributed by atoms with Gasteiger partial charge in [0.05, 0.1) is 11.3 Å². The van der Waals surface area contributed by atoms with Crippen LogP contribution in [0.15, 0.2) is 10.5 Å². The van der Waals surface area contributed by atoms with Crippen molar-refractivity contribution in [3.63, 3.8) is 0 Å². The highest BCUT2D eigenvalue weighted by Crippen LogP contribution is 2.43. The van der Waals surface area contributed by atoms with Crippen molar-refractivity contribution >= 4 is 27.7 Å². The molecule has 0 radical (unpaired) electrons. The quantitative estimate of drug-likeness (QED) is 0.741. The van der Waals surface area contributed by atoms with Gasteiger partial charge in [0.25, 0.3) is 0 Å². The summed E-state index contributed by atoms with van der Waals surface area (Å²) < 4.78 is 0.945. The molecule has 4 rings (SSSR count). The Hall–Kier alpha value is -1.61. The maximum absolute atomic E-state index is 12.4. The summed E-state index contributed by atoms with van der Waals surface area (Å²) in [4.78, 5) is 21.4. The summed E-state index contributed by atoms with van der Waals surface area (Å²) in [6.07, 6.45) is 4.45. The van der Waals surface area contributed by atoms with E-state index in [1.54, 1.807) is 0 Å². The molecule has 1 unspecified atom stereocenters. The SMILES string of the molecule is CC.CC1CN(c2nc(C3CC3)c(Br)cc2C#N)CCN1C(=O)C1CC1. The Kier molecular flexibility index (Phi) is 5.86. The standard InChI is InChI=1S/C18H21BrN4O.C2H6/c1-11-10-22(6-7-23(11)18(24)13-4-5-13)17-14(9-20)8-15(19)16(21-17)12-2-3-12;1-2/h8,11-13H,2-7,10H2,1H3;1-2H3. The molecule has 6 heteroatoms. The summed E-state index contributed by atoms with van der Waals surface area (Å²) >= 11 is 3.57. The molecule has 5 nitrogen and oxygen atoms in total. The molecule has 2 aliphatic carbocycles. The molecular formula is C20H27BrN4O. The van der Waals surface area contributed by atoms with Gasteiger partial charge in [-0.05, 0) is 54.6 Å². The maximum Gasteiger partial charge on any atom is 0.226 e. The number of pyridine rings is 1. The fraction of sp³-hybridized carbons (Fsp3) is 0.650. The van der Waals surface area contributed by atoms with Gasteiger partial charge in [0, 0.05) is 42.0 Å². The molecule has 0 spiro atoms. The predicted molar refractivity (Wildman–Crippen MR) is 106 cm³/mol. The highest BCUT2D eigenvalue weighted by atomic mass is 79.9. The molecule has 0 bridgehead atoms. The third-order valence-electron chi connectivity index (χ3n) is 5.20. The molecule has 1 aromatic rings. The van der Waals surface area contributed by atoms with Gasteiger partial charge in [0.2, 0.25) is 5.91 Å². The van der Waals surface area contributed by atoms with E-state index >= 15 is 0 Å². The zero-order valence-electron chi connectivity index (χ0n) is 15.8. The first kappa shape index (κ1) is 19.2. The molecule has 1 aliphatic heterocycles. The van der Waals surface area contributed by atoms with Crippen LogP contribution in [0.2, 0.25) is 0 Å². The van der Waals surface area contributed by atoms with Crippen molar-refractivity contribution in [2.45, 2.75) is 58.4 Å². The molecule has 1 atom stereocenters. The third kappa shape index (κ3) is 3.88. The lowest BCUT2D eigenvalue weighted by atomic mass is 10.1. The molecule has 1 aromatic heterocycles. The summed E-state index contributed by atoms with van der Waals surface area (Å²) in [5.74, 6) is 1.89. The lowest BCUT2D eigenvalue weighted by molar-refractivity contribution is -0.134. The Morgan fingerprint density at radius 2 is 1.96 bits per heavy atom. The number of anilines is 1. The number of aromatic nitrogens is 1. The number of carbonyl (C=O) groups is 1. The van der Waals surface area contributed by atoms with Crippen LogP contribution in [-0.2, 0) is 4.79 Å². The van der Waals surface area contributed by atoms with Gasteiger partial charge in [-0.3, -0.25) is 4.79 Å². The van der Waals surface area contributed by atoms with E-state index in [9.17, 15) is 10.1 Å². The van der Waals surface area contributed by atoms with Gasteiger partial charge in [0.1, 0.15) is 11.9 Å². The summed E-state index contributed by atoms with van der Waals surface area (Å²) in [6, 6.07) is 4.35. The van der Waals surface area contributed by atoms with E-state index < -0.39 is 0 Å². The molecule has 3 aliphatic rings. The fourth-order valence-electron chi connectivity index (χ4n) is 3.50. The minimum absolute atomic E-state index is 0.160. The molecule has 0 aromatic carbocycles. The van der Waals surface area contributed by atoms with Crippen molar-refractivity contribution in [2.75, 3.05) is 24.5 Å². The van der Waals surface area contributed by atoms with Crippen LogP contribution >= 0.6 is 15.9 Å². The number of hydrogen-bond donors (Lipinski definition) is 0. The van der Waals surface area contributed by atoms with Gasteiger partial charge in [-0.25, -0.2) is 4.98 Å². The number of nitriles is 1. The highest BCUT2D eigenvalue weighted by Gasteiger charge is 2.38. The first-order valence-corrected chi connectivity index (χ1v) is 10.5. The number of hydrogen-bond acceptors (Lipinski definition) is 4. The van der Waals surface area contributed by atoms with Crippen LogP contribution in [0.1, 0.15) is 63.6 Å². The molecule has 1 amide bonds. The minimum Gasteiger partial charge on any atom is -0.352 e. The number of halogens is 1. The first-order valence-electron chi connectivity index (χ1n) is 9.74. The smallest absolute Gasteiger partial charge is 0.226 e. The van der Waals surface area contributed by atoms with Crippen LogP contribution < -0.4 is 4.90 Å². The van der Waals surface area contributed by atoms with Crippen molar-refractivity contribution in [3.05, 3.63) is 21.8 Å². The Labute approximate surface area is 164 Å². The Bertz CT molecular complexity index is 721. The van der Waals surface area contributed by atoms with Gasteiger partial charge in [-0.15, -0.1) is 0 Å². The number of nitrogens with zero attached hydrogens (tertiary/aromatic N) is 4. The summed E-state index contributed by atoms with van der Waals surface area (Å²) in [6.45, 7) is 8.30. The Balaban J connectivity index is 0.000000948. The molecule has 1 saturated heterocycles. The number of rotatable bonds is 3. The normalized spacial score (nSPS) is 22.3. The lowest BCUT2D eigenvalue weighted by Crippen LogP contribution is -2.54. The second-order valence-corrected chi connectivity index (χ2v) is 8.07. The molecule has 0 N–H and O–H groups in total. The molecule has 3 fully saturated rings. The average Bonchev–Trinajstić information content (AvgIpc) is 3.55. The topological polar surface area (TPSA) is 60.2 Å². The molecule has 26 heavy (non-hydrogen) atoms. The van der Waals surface area contributed by atoms with Crippen LogP contribution in [0, 0.1) is 17.2 Å². The molecule has 140 valence electrons. The van der Waals surface area contributed by atoms with Gasteiger partial charge in [0.15, 0.2) is 0 Å². The Morgan fingerprint density at radius 3 is 2.50 bits per heavy atom. The van der Waals surface area contributed by atoms with Crippen LogP contribution in [0.25, 0.3) is 0 Å². The van der Waals surface area contributed by atoms with E-state index in [-0.39, 0.29) is 12.0 Å². The third-order valence-corrected chi connectivity index (χ3v) is 5.84. The van der Waals surface area contributed by atoms with Crippen molar-refractivity contribution in [1.82, 2.24) is 9.88 Å². The molecule has 2 saturated carbocycles. The zero-order valence-corrected chi connectivity index (χ0v) is 17.4. The van der Waals surface area contributed by atoms with Gasteiger partial charge < -0.3 is 9.80 Å². The van der Waals surface area contributed by atoms with E-state index in [1.165, 1.54) is 12.8 Å². The predicted octanol–water partition coefficient (Wildman–Crippen LogP) is 4.07. The van der Waals surface area contributed by atoms with E-state index in [4.69, 9.17) is 4.98 Å². The van der Waals surface area contributed by atoms with E-state index in [0.717, 1.165) is 48.5 Å². The van der Waals surface area contributed by atoms with E-state index in [0.29, 0.717) is 17.4 Å². The number of piperazine rings is 1. The fourth-order valence-corrected chi connectivity index (χ4v) is 4.14. The minimum atomic E-state index is 0.160. The van der Waals surface area contributed by atoms with Crippen molar-refractivity contribution < 1.29 is 4.79 Å². The summed E-state index contributed by atoms with van der Waals surface area (Å²) in [7, 11) is 0. The van der Waals surface area contributed by atoms with Crippen LogP contribution in [0.3, 0.4) is 0 Å². The number of carbonyl (C=O) groups excluding carboxylic acids is 1. The van der Waals surface area contributed by atoms with E-state index in [2.05, 4.69) is 33.8 Å². The van der Waals surface area contributed by atoms with Crippen molar-refractivity contribution in [3.8, 4) is 6.07 Å². The van der Waals surface area contributed by atoms with Gasteiger partial charge >= 0.3 is 0 Å². The average molecular weight is 419 g/mol. The first-order chi connectivity index (χ1) is 12.6. The highest BCUT2D eigenvalue weighted by molar-refractivity contribution is 9.10. The van der Waals surface area contributed by atoms with Crippen molar-refractivity contribution in [2.24, 2.45) is 5.92 Å². The maximum atomic E-state index is 12.4. The molecule has 2 heterocycles. The lowest BCUT2D eigenvalue weighted by Gasteiger charge is -2.41. The van der Waals surface area contributed by atoms with E-state index in [1.807, 2.05) is 24.8 Å².